The Morgan fingerprint density at radius 2 is 2.06 bits per heavy atom. The number of nitrogens with two attached hydrogens (primary N) is 1. The van der Waals surface area contributed by atoms with Crippen LogP contribution in [0.25, 0.3) is 0 Å². The third-order valence-corrected chi connectivity index (χ3v) is 3.31. The number of carbonyl (C=O) groups is 1. The second-order valence-electron chi connectivity index (χ2n) is 4.58. The molecular weight excluding hydrogens is 224 g/mol. The summed E-state index contributed by atoms with van der Waals surface area (Å²) in [6.07, 6.45) is 9.82. The number of hydrogen-bond donors (Lipinski definition) is 2. The summed E-state index contributed by atoms with van der Waals surface area (Å²) in [5.74, 6) is -0.0585. The van der Waals surface area contributed by atoms with E-state index in [2.05, 4.69) is 24.4 Å². The normalized spacial score (nSPS) is 21.8. The van der Waals surface area contributed by atoms with Crippen molar-refractivity contribution in [2.24, 2.45) is 0 Å². The maximum Gasteiger partial charge on any atom is 0.251 e. The zero-order valence-corrected chi connectivity index (χ0v) is 10.5. The van der Waals surface area contributed by atoms with Crippen LogP contribution in [0.2, 0.25) is 0 Å². The lowest BCUT2D eigenvalue weighted by molar-refractivity contribution is 0.0915. The van der Waals surface area contributed by atoms with Gasteiger partial charge in [-0.1, -0.05) is 31.2 Å². The molecule has 1 atom stereocenters. The Kier molecular flexibility index (Phi) is 3.51. The molecule has 3 nitrogen and oxygen atoms in total. The molecule has 1 aliphatic carbocycles. The van der Waals surface area contributed by atoms with Crippen molar-refractivity contribution in [1.82, 2.24) is 5.32 Å². The molecule has 0 heterocycles. The number of rotatable bonds is 3. The number of carbonyl (C=O) groups excluding carboxylic acids is 1. The number of anilines is 1. The van der Waals surface area contributed by atoms with Gasteiger partial charge in [0.1, 0.15) is 0 Å². The first-order valence-corrected chi connectivity index (χ1v) is 6.18. The summed E-state index contributed by atoms with van der Waals surface area (Å²) in [5, 5.41) is 3.10. The van der Waals surface area contributed by atoms with E-state index in [4.69, 9.17) is 5.73 Å². The van der Waals surface area contributed by atoms with Crippen LogP contribution in [-0.2, 0) is 0 Å². The fourth-order valence-corrected chi connectivity index (χ4v) is 2.04. The van der Waals surface area contributed by atoms with Gasteiger partial charge in [-0.2, -0.15) is 0 Å². The maximum atomic E-state index is 12.2. The van der Waals surface area contributed by atoms with E-state index in [0.29, 0.717) is 11.3 Å². The van der Waals surface area contributed by atoms with Crippen molar-refractivity contribution >= 4 is 11.6 Å². The van der Waals surface area contributed by atoms with Crippen LogP contribution in [0.15, 0.2) is 48.6 Å². The lowest BCUT2D eigenvalue weighted by Gasteiger charge is -2.31. The fraction of sp³-hybridized carbons (Fsp3) is 0.267. The van der Waals surface area contributed by atoms with Crippen molar-refractivity contribution in [1.29, 1.82) is 0 Å². The highest BCUT2D eigenvalue weighted by Gasteiger charge is 2.27. The van der Waals surface area contributed by atoms with Crippen LogP contribution in [0.4, 0.5) is 5.69 Å². The van der Waals surface area contributed by atoms with Crippen LogP contribution in [0.3, 0.4) is 0 Å². The third kappa shape index (κ3) is 2.62. The summed E-state index contributed by atoms with van der Waals surface area (Å²) in [4.78, 5) is 12.2. The van der Waals surface area contributed by atoms with E-state index in [1.807, 2.05) is 12.2 Å². The van der Waals surface area contributed by atoms with Gasteiger partial charge in [0.15, 0.2) is 0 Å². The molecule has 0 fully saturated rings. The van der Waals surface area contributed by atoms with Gasteiger partial charge in [-0.05, 0) is 37.1 Å². The van der Waals surface area contributed by atoms with Crippen molar-refractivity contribution in [2.75, 3.05) is 5.73 Å². The maximum absolute atomic E-state index is 12.2. The molecule has 1 aromatic rings. The molecule has 0 aliphatic heterocycles. The minimum absolute atomic E-state index is 0.0585. The van der Waals surface area contributed by atoms with Gasteiger partial charge in [0, 0.05) is 11.3 Å². The van der Waals surface area contributed by atoms with Gasteiger partial charge in [0.05, 0.1) is 5.54 Å². The first kappa shape index (κ1) is 12.4. The smallest absolute Gasteiger partial charge is 0.251 e. The first-order valence-electron chi connectivity index (χ1n) is 6.18. The van der Waals surface area contributed by atoms with E-state index in [-0.39, 0.29) is 11.4 Å². The Morgan fingerprint density at radius 1 is 1.33 bits per heavy atom. The van der Waals surface area contributed by atoms with E-state index >= 15 is 0 Å². The molecule has 0 unspecified atom stereocenters. The summed E-state index contributed by atoms with van der Waals surface area (Å²) >= 11 is 0. The highest BCUT2D eigenvalue weighted by atomic mass is 16.1. The molecule has 0 aromatic heterocycles. The van der Waals surface area contributed by atoms with Crippen molar-refractivity contribution < 1.29 is 4.79 Å². The van der Waals surface area contributed by atoms with Gasteiger partial charge >= 0.3 is 0 Å². The van der Waals surface area contributed by atoms with Crippen molar-refractivity contribution in [2.45, 2.75) is 25.3 Å². The Balaban J connectivity index is 2.13. The average Bonchev–Trinajstić information content (AvgIpc) is 2.40. The third-order valence-electron chi connectivity index (χ3n) is 3.31. The SMILES string of the molecule is CC[C@@]1(NC(=O)c2ccc(N)cc2)C=CC=CC1. The van der Waals surface area contributed by atoms with Crippen LogP contribution in [0, 0.1) is 0 Å². The van der Waals surface area contributed by atoms with Crippen molar-refractivity contribution in [3.05, 3.63) is 54.1 Å². The average molecular weight is 242 g/mol. The summed E-state index contributed by atoms with van der Waals surface area (Å²) in [6, 6.07) is 6.97. The van der Waals surface area contributed by atoms with Gasteiger partial charge in [-0.15, -0.1) is 0 Å². The number of amides is 1. The van der Waals surface area contributed by atoms with Crippen LogP contribution in [0.5, 0.6) is 0 Å². The van der Waals surface area contributed by atoms with Gasteiger partial charge in [-0.25, -0.2) is 0 Å². The molecule has 94 valence electrons. The zero-order valence-electron chi connectivity index (χ0n) is 10.5. The molecular formula is C15H18N2O. The molecule has 0 saturated heterocycles. The second kappa shape index (κ2) is 5.08. The lowest BCUT2D eigenvalue weighted by atomic mass is 9.88. The second-order valence-corrected chi connectivity index (χ2v) is 4.58. The Labute approximate surface area is 107 Å². The van der Waals surface area contributed by atoms with Gasteiger partial charge in [-0.3, -0.25) is 4.79 Å². The molecule has 1 amide bonds. The molecule has 0 bridgehead atoms. The summed E-state index contributed by atoms with van der Waals surface area (Å²) in [6.45, 7) is 2.08. The number of nitrogens with one attached hydrogen (secondary N) is 1. The number of benzene rings is 1. The van der Waals surface area contributed by atoms with Crippen LogP contribution in [0.1, 0.15) is 30.1 Å². The highest BCUT2D eigenvalue weighted by molar-refractivity contribution is 5.95. The molecule has 0 spiro atoms. The van der Waals surface area contributed by atoms with E-state index in [1.165, 1.54) is 0 Å². The standard InChI is InChI=1S/C15H18N2O/c1-2-15(10-4-3-5-11-15)17-14(18)12-6-8-13(16)9-7-12/h3-10H,2,11,16H2,1H3,(H,17,18)/t15-/m1/s1. The number of allylic oxidation sites excluding steroid dienone is 2. The molecule has 1 aliphatic rings. The predicted octanol–water partition coefficient (Wildman–Crippen LogP) is 2.66. The topological polar surface area (TPSA) is 55.1 Å². The fourth-order valence-electron chi connectivity index (χ4n) is 2.04. The molecule has 0 radical (unpaired) electrons. The number of nitrogen functional groups attached to an aromatic ring is 1. The predicted molar refractivity (Wildman–Crippen MR) is 74.2 cm³/mol. The minimum atomic E-state index is -0.257. The zero-order chi connectivity index (χ0) is 13.0. The highest BCUT2D eigenvalue weighted by Crippen LogP contribution is 2.22. The molecule has 0 saturated carbocycles. The molecule has 2 rings (SSSR count). The molecule has 3 N–H and O–H groups in total. The van der Waals surface area contributed by atoms with E-state index in [1.54, 1.807) is 24.3 Å². The van der Waals surface area contributed by atoms with Gasteiger partial charge in [0.25, 0.3) is 5.91 Å². The van der Waals surface area contributed by atoms with Gasteiger partial charge < -0.3 is 11.1 Å². The van der Waals surface area contributed by atoms with E-state index in [0.717, 1.165) is 12.8 Å². The summed E-state index contributed by atoms with van der Waals surface area (Å²) < 4.78 is 0. The Morgan fingerprint density at radius 3 is 2.61 bits per heavy atom. The van der Waals surface area contributed by atoms with Crippen LogP contribution < -0.4 is 11.1 Å². The number of hydrogen-bond acceptors (Lipinski definition) is 2. The minimum Gasteiger partial charge on any atom is -0.399 e. The Hall–Kier alpha value is -2.03. The summed E-state index contributed by atoms with van der Waals surface area (Å²) in [5.41, 5.74) is 6.66. The molecule has 1 aromatic carbocycles. The van der Waals surface area contributed by atoms with E-state index in [9.17, 15) is 4.79 Å². The van der Waals surface area contributed by atoms with Crippen LogP contribution >= 0.6 is 0 Å². The summed E-state index contributed by atoms with van der Waals surface area (Å²) in [7, 11) is 0. The Bertz CT molecular complexity index is 488. The monoisotopic (exact) mass is 242 g/mol. The molecule has 3 heteroatoms. The van der Waals surface area contributed by atoms with Gasteiger partial charge in [0.2, 0.25) is 0 Å². The van der Waals surface area contributed by atoms with Crippen molar-refractivity contribution in [3.63, 3.8) is 0 Å². The quantitative estimate of drug-likeness (QED) is 0.801. The lowest BCUT2D eigenvalue weighted by Crippen LogP contribution is -2.46. The first-order chi connectivity index (χ1) is 8.65. The van der Waals surface area contributed by atoms with E-state index < -0.39 is 0 Å². The molecule has 18 heavy (non-hydrogen) atoms. The largest absolute Gasteiger partial charge is 0.399 e. The van der Waals surface area contributed by atoms with Crippen molar-refractivity contribution in [3.8, 4) is 0 Å². The van der Waals surface area contributed by atoms with Crippen LogP contribution in [-0.4, -0.2) is 11.4 Å².